The Kier molecular flexibility index (Phi) is 5.16. The molecule has 1 aromatic rings. The number of hydrogen-bond acceptors (Lipinski definition) is 3. The van der Waals surface area contributed by atoms with Crippen LogP contribution in [0.4, 0.5) is 0 Å². The summed E-state index contributed by atoms with van der Waals surface area (Å²) >= 11 is 0. The first kappa shape index (κ1) is 15.7. The molecule has 1 aliphatic carbocycles. The molecule has 0 N–H and O–H groups in total. The zero-order valence-electron chi connectivity index (χ0n) is 13.0. The van der Waals surface area contributed by atoms with Crippen LogP contribution >= 0.6 is 0 Å². The Morgan fingerprint density at radius 3 is 2.48 bits per heavy atom. The highest BCUT2D eigenvalue weighted by atomic mass is 16.5. The minimum absolute atomic E-state index is 0.00648. The molecule has 1 fully saturated rings. The van der Waals surface area contributed by atoms with Crippen molar-refractivity contribution in [1.82, 2.24) is 0 Å². The van der Waals surface area contributed by atoms with E-state index in [1.165, 1.54) is 6.42 Å². The average Bonchev–Trinajstić information content (AvgIpc) is 2.47. The summed E-state index contributed by atoms with van der Waals surface area (Å²) in [6.07, 6.45) is 4.06. The third kappa shape index (κ3) is 3.93. The topological polar surface area (TPSA) is 43.4 Å². The van der Waals surface area contributed by atoms with Crippen LogP contribution in [0.15, 0.2) is 24.3 Å². The summed E-state index contributed by atoms with van der Waals surface area (Å²) in [6.45, 7) is 6.61. The lowest BCUT2D eigenvalue weighted by molar-refractivity contribution is -0.0174. The van der Waals surface area contributed by atoms with Gasteiger partial charge in [0.15, 0.2) is 0 Å². The Morgan fingerprint density at radius 2 is 1.90 bits per heavy atom. The molecule has 0 spiro atoms. The number of benzene rings is 1. The van der Waals surface area contributed by atoms with Crippen molar-refractivity contribution in [3.8, 4) is 0 Å². The first-order valence-corrected chi connectivity index (χ1v) is 7.77. The van der Waals surface area contributed by atoms with Gasteiger partial charge in [0.25, 0.3) is 0 Å². The monoisotopic (exact) mass is 288 g/mol. The van der Waals surface area contributed by atoms with Gasteiger partial charge in [-0.05, 0) is 42.7 Å². The molecule has 114 valence electrons. The summed E-state index contributed by atoms with van der Waals surface area (Å²) in [6, 6.07) is 6.60. The molecular weight excluding hydrogens is 264 g/mol. The number of aldehydes is 1. The highest BCUT2D eigenvalue weighted by molar-refractivity contribution is 5.90. The Balaban J connectivity index is 2.06. The molecule has 1 saturated carbocycles. The quantitative estimate of drug-likeness (QED) is 0.618. The zero-order valence-corrected chi connectivity index (χ0v) is 13.0. The van der Waals surface area contributed by atoms with Crippen LogP contribution in [0.25, 0.3) is 0 Å². The molecule has 0 amide bonds. The van der Waals surface area contributed by atoms with Crippen molar-refractivity contribution in [3.63, 3.8) is 0 Å². The predicted molar refractivity (Wildman–Crippen MR) is 82.4 cm³/mol. The van der Waals surface area contributed by atoms with Crippen molar-refractivity contribution in [3.05, 3.63) is 35.4 Å². The summed E-state index contributed by atoms with van der Waals surface area (Å²) in [5.74, 6) is 1.29. The van der Waals surface area contributed by atoms with E-state index in [0.29, 0.717) is 28.9 Å². The van der Waals surface area contributed by atoms with Gasteiger partial charge in [0.2, 0.25) is 0 Å². The molecule has 0 aromatic heterocycles. The maximum Gasteiger partial charge on any atom is 0.338 e. The number of esters is 1. The van der Waals surface area contributed by atoms with E-state index in [1.54, 1.807) is 24.3 Å². The van der Waals surface area contributed by atoms with Gasteiger partial charge in [0.05, 0.1) is 5.56 Å². The van der Waals surface area contributed by atoms with E-state index < -0.39 is 0 Å². The van der Waals surface area contributed by atoms with Gasteiger partial charge in [0.1, 0.15) is 12.4 Å². The SMILES string of the molecule is CC(C)[C@H]1CC[C@@H](C)C[C@H]1OC(=O)c1ccc(C=O)cc1. The second kappa shape index (κ2) is 6.88. The van der Waals surface area contributed by atoms with E-state index in [4.69, 9.17) is 4.74 Å². The second-order valence-corrected chi connectivity index (χ2v) is 6.51. The highest BCUT2D eigenvalue weighted by Crippen LogP contribution is 2.35. The fourth-order valence-electron chi connectivity index (χ4n) is 3.15. The van der Waals surface area contributed by atoms with Gasteiger partial charge in [-0.25, -0.2) is 4.79 Å². The Morgan fingerprint density at radius 1 is 1.24 bits per heavy atom. The molecule has 1 aliphatic rings. The van der Waals surface area contributed by atoms with Crippen molar-refractivity contribution in [1.29, 1.82) is 0 Å². The molecule has 0 unspecified atom stereocenters. The van der Waals surface area contributed by atoms with Gasteiger partial charge in [-0.1, -0.05) is 39.3 Å². The summed E-state index contributed by atoms with van der Waals surface area (Å²) in [4.78, 5) is 22.9. The van der Waals surface area contributed by atoms with Gasteiger partial charge < -0.3 is 4.74 Å². The van der Waals surface area contributed by atoms with Crippen LogP contribution in [0.1, 0.15) is 60.7 Å². The first-order chi connectivity index (χ1) is 10.0. The van der Waals surface area contributed by atoms with Gasteiger partial charge in [-0.2, -0.15) is 0 Å². The second-order valence-electron chi connectivity index (χ2n) is 6.51. The molecule has 0 heterocycles. The van der Waals surface area contributed by atoms with E-state index in [9.17, 15) is 9.59 Å². The number of carbonyl (C=O) groups is 2. The molecule has 2 rings (SSSR count). The van der Waals surface area contributed by atoms with Crippen LogP contribution < -0.4 is 0 Å². The van der Waals surface area contributed by atoms with Gasteiger partial charge in [-0.15, -0.1) is 0 Å². The van der Waals surface area contributed by atoms with Crippen LogP contribution in [0.2, 0.25) is 0 Å². The summed E-state index contributed by atoms with van der Waals surface area (Å²) in [5.41, 5.74) is 1.08. The predicted octanol–water partition coefficient (Wildman–Crippen LogP) is 4.12. The third-order valence-corrected chi connectivity index (χ3v) is 4.50. The van der Waals surface area contributed by atoms with Crippen molar-refractivity contribution < 1.29 is 14.3 Å². The van der Waals surface area contributed by atoms with Crippen molar-refractivity contribution >= 4 is 12.3 Å². The molecule has 0 aliphatic heterocycles. The summed E-state index contributed by atoms with van der Waals surface area (Å²) < 4.78 is 5.77. The Hall–Kier alpha value is -1.64. The van der Waals surface area contributed by atoms with E-state index in [2.05, 4.69) is 20.8 Å². The summed E-state index contributed by atoms with van der Waals surface area (Å²) in [7, 11) is 0. The van der Waals surface area contributed by atoms with Gasteiger partial charge in [0, 0.05) is 5.56 Å². The molecule has 1 aromatic carbocycles. The van der Waals surface area contributed by atoms with E-state index in [0.717, 1.165) is 19.1 Å². The van der Waals surface area contributed by atoms with Crippen molar-refractivity contribution in [2.24, 2.45) is 17.8 Å². The minimum Gasteiger partial charge on any atom is -0.458 e. The van der Waals surface area contributed by atoms with E-state index >= 15 is 0 Å². The third-order valence-electron chi connectivity index (χ3n) is 4.50. The maximum atomic E-state index is 12.3. The number of ether oxygens (including phenoxy) is 1. The first-order valence-electron chi connectivity index (χ1n) is 7.77. The largest absolute Gasteiger partial charge is 0.458 e. The molecule has 3 heteroatoms. The van der Waals surface area contributed by atoms with Gasteiger partial charge >= 0.3 is 5.97 Å². The maximum absolute atomic E-state index is 12.3. The Bertz CT molecular complexity index is 490. The number of hydrogen-bond donors (Lipinski definition) is 0. The fraction of sp³-hybridized carbons (Fsp3) is 0.556. The molecule has 3 nitrogen and oxygen atoms in total. The highest BCUT2D eigenvalue weighted by Gasteiger charge is 2.33. The normalized spacial score (nSPS) is 25.6. The summed E-state index contributed by atoms with van der Waals surface area (Å²) in [5, 5.41) is 0. The van der Waals surface area contributed by atoms with Crippen LogP contribution in [0.5, 0.6) is 0 Å². The molecule has 3 atom stereocenters. The van der Waals surface area contributed by atoms with Crippen LogP contribution in [-0.4, -0.2) is 18.4 Å². The molecule has 0 bridgehead atoms. The zero-order chi connectivity index (χ0) is 15.4. The molecule has 21 heavy (non-hydrogen) atoms. The van der Waals surface area contributed by atoms with Crippen molar-refractivity contribution in [2.75, 3.05) is 0 Å². The minimum atomic E-state index is -0.280. The fourth-order valence-corrected chi connectivity index (χ4v) is 3.15. The Labute approximate surface area is 126 Å². The number of rotatable bonds is 4. The molecule has 0 radical (unpaired) electrons. The lowest BCUT2D eigenvalue weighted by Crippen LogP contribution is -2.35. The lowest BCUT2D eigenvalue weighted by Gasteiger charge is -2.36. The van der Waals surface area contributed by atoms with Gasteiger partial charge in [-0.3, -0.25) is 4.79 Å². The smallest absolute Gasteiger partial charge is 0.338 e. The van der Waals surface area contributed by atoms with E-state index in [1.807, 2.05) is 0 Å². The van der Waals surface area contributed by atoms with E-state index in [-0.39, 0.29) is 12.1 Å². The molecule has 0 saturated heterocycles. The average molecular weight is 288 g/mol. The lowest BCUT2D eigenvalue weighted by atomic mass is 9.75. The van der Waals surface area contributed by atoms with Crippen LogP contribution in [0.3, 0.4) is 0 Å². The number of carbonyl (C=O) groups excluding carboxylic acids is 2. The van der Waals surface area contributed by atoms with Crippen LogP contribution in [-0.2, 0) is 4.74 Å². The molecular formula is C18H24O3. The van der Waals surface area contributed by atoms with Crippen LogP contribution in [0, 0.1) is 17.8 Å². The standard InChI is InChI=1S/C18H24O3/c1-12(2)16-9-4-13(3)10-17(16)21-18(20)15-7-5-14(11-19)6-8-15/h5-8,11-13,16-17H,4,9-10H2,1-3H3/t13-,16-,17-/m1/s1. The van der Waals surface area contributed by atoms with Crippen molar-refractivity contribution in [2.45, 2.75) is 46.1 Å².